The number of amides is 4. The van der Waals surface area contributed by atoms with Crippen LogP contribution in [0, 0.1) is 11.3 Å². The summed E-state index contributed by atoms with van der Waals surface area (Å²) >= 11 is 0. The Kier molecular flexibility index (Phi) is 5.74. The number of likely N-dealkylation sites (tertiary alicyclic amines) is 1. The highest BCUT2D eigenvalue weighted by atomic mass is 19.4. The van der Waals surface area contributed by atoms with Crippen LogP contribution in [0.5, 0.6) is 0 Å². The number of unbranched alkanes of at least 4 members (excludes halogenated alkanes) is 1. The molecule has 0 saturated carbocycles. The Balaban J connectivity index is 1.39. The molecule has 4 amide bonds. The fraction of sp³-hybridized carbons (Fsp3) is 0.385. The molecule has 3 aliphatic rings. The van der Waals surface area contributed by atoms with Crippen LogP contribution in [-0.2, 0) is 17.4 Å². The average Bonchev–Trinajstić information content (AvgIpc) is 3.53. The molecular formula is C26H23F3N4O3. The molecule has 0 aromatic heterocycles. The Morgan fingerprint density at radius 1 is 1.14 bits per heavy atom. The number of halogens is 3. The van der Waals surface area contributed by atoms with Gasteiger partial charge in [0, 0.05) is 12.1 Å². The van der Waals surface area contributed by atoms with Crippen molar-refractivity contribution >= 4 is 23.5 Å². The van der Waals surface area contributed by atoms with E-state index in [0.717, 1.165) is 41.9 Å². The number of hydrogen-bond donors (Lipinski definition) is 0. The van der Waals surface area contributed by atoms with Gasteiger partial charge in [-0.1, -0.05) is 25.5 Å². The van der Waals surface area contributed by atoms with Crippen LogP contribution in [0.15, 0.2) is 42.5 Å². The number of nitrogens with zero attached hydrogens (tertiary/aromatic N) is 4. The number of alkyl halides is 3. The number of fused-ring (bicyclic) bond motifs is 5. The standard InChI is InChI=1S/C26H23F3N4O3/c1-2-3-4-15-5-7-16(8-6-15)23(34)31-14-19-12-21(31)22-24(35)33(25(36)32(19)22)18-10-9-17(13-30)20(11-18)26(27,28)29/h5-11,19,21-22H,2-4,12,14H2,1H3/t19-,21-,22+/m0/s1. The molecule has 2 aromatic carbocycles. The molecule has 3 fully saturated rings. The number of anilines is 1. The first-order chi connectivity index (χ1) is 17.2. The lowest BCUT2D eigenvalue weighted by molar-refractivity contribution is -0.137. The molecule has 0 unspecified atom stereocenters. The maximum Gasteiger partial charge on any atom is 0.417 e. The zero-order chi connectivity index (χ0) is 25.8. The van der Waals surface area contributed by atoms with Crippen LogP contribution in [0.3, 0.4) is 0 Å². The summed E-state index contributed by atoms with van der Waals surface area (Å²) < 4.78 is 40.4. The highest BCUT2D eigenvalue weighted by molar-refractivity contribution is 6.22. The van der Waals surface area contributed by atoms with Gasteiger partial charge in [-0.15, -0.1) is 0 Å². The fourth-order valence-electron chi connectivity index (χ4n) is 5.49. The van der Waals surface area contributed by atoms with Gasteiger partial charge in [0.1, 0.15) is 6.04 Å². The first-order valence-electron chi connectivity index (χ1n) is 11.8. The molecule has 5 rings (SSSR count). The Bertz CT molecular complexity index is 1280. The van der Waals surface area contributed by atoms with Gasteiger partial charge < -0.3 is 9.80 Å². The van der Waals surface area contributed by atoms with Crippen molar-refractivity contribution in [3.8, 4) is 6.07 Å². The minimum atomic E-state index is -4.82. The molecule has 0 spiro atoms. The van der Waals surface area contributed by atoms with E-state index >= 15 is 0 Å². The van der Waals surface area contributed by atoms with Gasteiger partial charge in [0.2, 0.25) is 0 Å². The predicted octanol–water partition coefficient (Wildman–Crippen LogP) is 4.35. The lowest BCUT2D eigenvalue weighted by Crippen LogP contribution is -2.54. The Morgan fingerprint density at radius 3 is 2.50 bits per heavy atom. The van der Waals surface area contributed by atoms with E-state index in [1.807, 2.05) is 12.1 Å². The van der Waals surface area contributed by atoms with Crippen molar-refractivity contribution in [2.45, 2.75) is 56.9 Å². The Labute approximate surface area is 205 Å². The topological polar surface area (TPSA) is 84.7 Å². The van der Waals surface area contributed by atoms with Crippen LogP contribution in [-0.4, -0.2) is 52.3 Å². The van der Waals surface area contributed by atoms with E-state index in [2.05, 4.69) is 6.92 Å². The Hall–Kier alpha value is -3.87. The molecule has 2 bridgehead atoms. The monoisotopic (exact) mass is 496 g/mol. The molecule has 36 heavy (non-hydrogen) atoms. The largest absolute Gasteiger partial charge is 0.417 e. The van der Waals surface area contributed by atoms with E-state index in [0.29, 0.717) is 18.1 Å². The lowest BCUT2D eigenvalue weighted by atomic mass is 10.0. The average molecular weight is 496 g/mol. The summed E-state index contributed by atoms with van der Waals surface area (Å²) in [6.07, 6.45) is -1.33. The summed E-state index contributed by atoms with van der Waals surface area (Å²) in [5.74, 6) is -0.904. The summed E-state index contributed by atoms with van der Waals surface area (Å²) in [6.45, 7) is 2.36. The lowest BCUT2D eigenvalue weighted by Gasteiger charge is -2.35. The summed E-state index contributed by atoms with van der Waals surface area (Å²) in [5.41, 5.74) is -0.424. The normalized spacial score (nSPS) is 22.9. The number of piperazine rings is 1. The molecule has 3 atom stereocenters. The minimum absolute atomic E-state index is 0.236. The molecule has 3 aliphatic heterocycles. The number of rotatable bonds is 5. The number of benzene rings is 2. The van der Waals surface area contributed by atoms with Crippen molar-refractivity contribution < 1.29 is 27.6 Å². The number of carbonyl (C=O) groups is 3. The Morgan fingerprint density at radius 2 is 1.86 bits per heavy atom. The number of carbonyl (C=O) groups excluding carboxylic acids is 3. The van der Waals surface area contributed by atoms with Crippen molar-refractivity contribution in [2.24, 2.45) is 0 Å². The van der Waals surface area contributed by atoms with Gasteiger partial charge in [-0.25, -0.2) is 9.69 Å². The van der Waals surface area contributed by atoms with Crippen LogP contribution in [0.25, 0.3) is 0 Å². The van der Waals surface area contributed by atoms with Crippen molar-refractivity contribution in [1.29, 1.82) is 5.26 Å². The number of aryl methyl sites for hydroxylation is 1. The maximum absolute atomic E-state index is 13.5. The van der Waals surface area contributed by atoms with Gasteiger partial charge in [-0.2, -0.15) is 18.4 Å². The number of imide groups is 1. The summed E-state index contributed by atoms with van der Waals surface area (Å²) in [4.78, 5) is 43.5. The first kappa shape index (κ1) is 23.9. The van der Waals surface area contributed by atoms with E-state index in [-0.39, 0.29) is 18.1 Å². The van der Waals surface area contributed by atoms with Crippen LogP contribution in [0.2, 0.25) is 0 Å². The predicted molar refractivity (Wildman–Crippen MR) is 123 cm³/mol. The van der Waals surface area contributed by atoms with Gasteiger partial charge in [-0.05, 0) is 55.2 Å². The second kappa shape index (κ2) is 8.66. The molecule has 2 aromatic rings. The van der Waals surface area contributed by atoms with Gasteiger partial charge in [0.05, 0.1) is 35.0 Å². The first-order valence-corrected chi connectivity index (χ1v) is 11.8. The van der Waals surface area contributed by atoms with Crippen LogP contribution >= 0.6 is 0 Å². The zero-order valence-corrected chi connectivity index (χ0v) is 19.5. The molecular weight excluding hydrogens is 473 g/mol. The van der Waals surface area contributed by atoms with Gasteiger partial charge >= 0.3 is 12.2 Å². The summed E-state index contributed by atoms with van der Waals surface area (Å²) in [5, 5.41) is 9.04. The van der Waals surface area contributed by atoms with Gasteiger partial charge in [-0.3, -0.25) is 9.59 Å². The van der Waals surface area contributed by atoms with E-state index in [1.54, 1.807) is 17.0 Å². The zero-order valence-electron chi connectivity index (χ0n) is 19.5. The number of urea groups is 1. The quantitative estimate of drug-likeness (QED) is 0.576. The highest BCUT2D eigenvalue weighted by Gasteiger charge is 2.63. The van der Waals surface area contributed by atoms with Crippen LogP contribution < -0.4 is 4.90 Å². The maximum atomic E-state index is 13.5. The third-order valence-corrected chi connectivity index (χ3v) is 7.23. The summed E-state index contributed by atoms with van der Waals surface area (Å²) in [6, 6.07) is 9.02. The van der Waals surface area contributed by atoms with Crippen molar-refractivity contribution in [1.82, 2.24) is 9.80 Å². The highest BCUT2D eigenvalue weighted by Crippen LogP contribution is 2.43. The fourth-order valence-corrected chi connectivity index (χ4v) is 5.49. The molecule has 0 N–H and O–H groups in total. The molecule has 3 saturated heterocycles. The second-order valence-corrected chi connectivity index (χ2v) is 9.36. The second-order valence-electron chi connectivity index (χ2n) is 9.36. The third kappa shape index (κ3) is 3.70. The van der Waals surface area contributed by atoms with E-state index in [1.165, 1.54) is 11.0 Å². The molecule has 10 heteroatoms. The smallest absolute Gasteiger partial charge is 0.331 e. The molecule has 186 valence electrons. The van der Waals surface area contributed by atoms with Crippen LogP contribution in [0.4, 0.5) is 23.7 Å². The van der Waals surface area contributed by atoms with Gasteiger partial charge in [0.25, 0.3) is 11.8 Å². The SMILES string of the molecule is CCCCc1ccc(C(=O)N2C[C@@H]3C[C@H]2[C@@H]2C(=O)N(c4ccc(C#N)c(C(F)(F)F)c4)C(=O)N32)cc1. The molecule has 3 heterocycles. The van der Waals surface area contributed by atoms with Gasteiger partial charge in [0.15, 0.2) is 0 Å². The third-order valence-electron chi connectivity index (χ3n) is 7.23. The van der Waals surface area contributed by atoms with Crippen molar-refractivity contribution in [3.63, 3.8) is 0 Å². The van der Waals surface area contributed by atoms with Crippen molar-refractivity contribution in [3.05, 3.63) is 64.7 Å². The van der Waals surface area contributed by atoms with E-state index in [9.17, 15) is 27.6 Å². The number of nitriles is 1. The van der Waals surface area contributed by atoms with E-state index < -0.39 is 47.4 Å². The number of hydrogen-bond acceptors (Lipinski definition) is 4. The van der Waals surface area contributed by atoms with Crippen molar-refractivity contribution in [2.75, 3.05) is 11.4 Å². The van der Waals surface area contributed by atoms with Crippen LogP contribution in [0.1, 0.15) is 53.2 Å². The molecule has 0 radical (unpaired) electrons. The minimum Gasteiger partial charge on any atom is -0.331 e. The molecule has 7 nitrogen and oxygen atoms in total. The summed E-state index contributed by atoms with van der Waals surface area (Å²) in [7, 11) is 0. The van der Waals surface area contributed by atoms with E-state index in [4.69, 9.17) is 5.26 Å². The molecule has 0 aliphatic carbocycles.